The Hall–Kier alpha value is -0.330. The van der Waals surface area contributed by atoms with E-state index in [4.69, 9.17) is 5.73 Å². The summed E-state index contributed by atoms with van der Waals surface area (Å²) in [6.07, 6.45) is 0. The van der Waals surface area contributed by atoms with Gasteiger partial charge >= 0.3 is 0 Å². The Morgan fingerprint density at radius 1 is 1.44 bits per heavy atom. The summed E-state index contributed by atoms with van der Waals surface area (Å²) in [6.45, 7) is 5.38. The first-order chi connectivity index (χ1) is 6.67. The zero-order valence-corrected chi connectivity index (χ0v) is 11.4. The zero-order chi connectivity index (χ0) is 11.9. The lowest BCUT2D eigenvalue weighted by atomic mass is 10.1. The smallest absolute Gasteiger partial charge is 0.239 e. The number of nitrogens with zero attached hydrogens (tertiary/aromatic N) is 1. The van der Waals surface area contributed by atoms with Crippen LogP contribution in [0.25, 0.3) is 0 Å². The molecule has 5 nitrogen and oxygen atoms in total. The van der Waals surface area contributed by atoms with Gasteiger partial charge in [0.15, 0.2) is 9.84 Å². The van der Waals surface area contributed by atoms with Crippen molar-refractivity contribution in [3.8, 4) is 0 Å². The van der Waals surface area contributed by atoms with E-state index >= 15 is 0 Å². The third-order valence-electron chi connectivity index (χ3n) is 2.74. The van der Waals surface area contributed by atoms with E-state index in [0.717, 1.165) is 0 Å². The van der Waals surface area contributed by atoms with Gasteiger partial charge in [-0.1, -0.05) is 0 Å². The molecule has 0 unspecified atom stereocenters. The van der Waals surface area contributed by atoms with Gasteiger partial charge < -0.3 is 10.6 Å². The van der Waals surface area contributed by atoms with Crippen LogP contribution in [0.5, 0.6) is 0 Å². The number of rotatable bonds is 1. The summed E-state index contributed by atoms with van der Waals surface area (Å²) < 4.78 is 22.5. The molecule has 2 N–H and O–H groups in total. The summed E-state index contributed by atoms with van der Waals surface area (Å²) >= 11 is 0. The second-order valence-electron chi connectivity index (χ2n) is 4.63. The topological polar surface area (TPSA) is 80.5 Å². The van der Waals surface area contributed by atoms with Crippen LogP contribution in [-0.4, -0.2) is 48.9 Å². The SMILES string of the molecule is C[C@@H](N)C(=O)N1CCS(=O)(=O)C(C)(C)C1.Cl. The molecule has 7 heteroatoms. The molecule has 16 heavy (non-hydrogen) atoms. The summed E-state index contributed by atoms with van der Waals surface area (Å²) in [5.74, 6) is -0.156. The van der Waals surface area contributed by atoms with Crippen LogP contribution in [0.15, 0.2) is 0 Å². The highest BCUT2D eigenvalue weighted by molar-refractivity contribution is 7.92. The molecule has 1 saturated heterocycles. The number of carbonyl (C=O) groups is 1. The van der Waals surface area contributed by atoms with Crippen LogP contribution in [0.1, 0.15) is 20.8 Å². The third-order valence-corrected chi connectivity index (χ3v) is 5.28. The van der Waals surface area contributed by atoms with Crippen LogP contribution in [0.2, 0.25) is 0 Å². The Labute approximate surface area is 103 Å². The monoisotopic (exact) mass is 270 g/mol. The van der Waals surface area contributed by atoms with E-state index in [1.807, 2.05) is 0 Å². The number of hydrogen-bond acceptors (Lipinski definition) is 4. The third kappa shape index (κ3) is 2.87. The first-order valence-corrected chi connectivity index (χ1v) is 6.59. The van der Waals surface area contributed by atoms with Crippen LogP contribution >= 0.6 is 12.4 Å². The van der Waals surface area contributed by atoms with Crippen molar-refractivity contribution < 1.29 is 13.2 Å². The predicted octanol–water partition coefficient (Wildman–Crippen LogP) is -0.209. The first-order valence-electron chi connectivity index (χ1n) is 4.94. The van der Waals surface area contributed by atoms with E-state index in [1.54, 1.807) is 20.8 Å². The number of hydrogen-bond donors (Lipinski definition) is 1. The fourth-order valence-corrected chi connectivity index (χ4v) is 2.99. The Kier molecular flexibility index (Phi) is 4.79. The number of sulfone groups is 1. The molecule has 0 spiro atoms. The van der Waals surface area contributed by atoms with Crippen molar-refractivity contribution in [3.63, 3.8) is 0 Å². The number of carbonyl (C=O) groups excluding carboxylic acids is 1. The summed E-state index contributed by atoms with van der Waals surface area (Å²) in [5, 5.41) is 0. The minimum absolute atomic E-state index is 0. The lowest BCUT2D eigenvalue weighted by Gasteiger charge is -2.38. The molecule has 1 aliphatic heterocycles. The van der Waals surface area contributed by atoms with Crippen molar-refractivity contribution in [3.05, 3.63) is 0 Å². The molecule has 1 fully saturated rings. The van der Waals surface area contributed by atoms with E-state index in [2.05, 4.69) is 0 Å². The molecule has 0 saturated carbocycles. The number of nitrogens with two attached hydrogens (primary N) is 1. The van der Waals surface area contributed by atoms with E-state index in [-0.39, 0.29) is 37.2 Å². The van der Waals surface area contributed by atoms with Crippen molar-refractivity contribution in [2.75, 3.05) is 18.8 Å². The van der Waals surface area contributed by atoms with Gasteiger partial charge in [0.25, 0.3) is 0 Å². The van der Waals surface area contributed by atoms with Gasteiger partial charge in [-0.15, -0.1) is 12.4 Å². The van der Waals surface area contributed by atoms with Gasteiger partial charge in [0.05, 0.1) is 16.5 Å². The van der Waals surface area contributed by atoms with E-state index in [0.29, 0.717) is 0 Å². The second-order valence-corrected chi connectivity index (χ2v) is 7.37. The molecular weight excluding hydrogens is 252 g/mol. The minimum atomic E-state index is -3.09. The van der Waals surface area contributed by atoms with Crippen molar-refractivity contribution in [2.24, 2.45) is 5.73 Å². The van der Waals surface area contributed by atoms with Gasteiger partial charge in [-0.3, -0.25) is 4.79 Å². The first kappa shape index (κ1) is 15.7. The highest BCUT2D eigenvalue weighted by Crippen LogP contribution is 2.23. The average molecular weight is 271 g/mol. The molecule has 1 rings (SSSR count). The molecule has 1 aliphatic rings. The van der Waals surface area contributed by atoms with E-state index in [1.165, 1.54) is 4.90 Å². The van der Waals surface area contributed by atoms with Crippen LogP contribution in [0, 0.1) is 0 Å². The van der Waals surface area contributed by atoms with Gasteiger partial charge in [0, 0.05) is 13.1 Å². The molecule has 0 radical (unpaired) electrons. The molecule has 0 bridgehead atoms. The maximum atomic E-state index is 11.7. The van der Waals surface area contributed by atoms with Crippen molar-refractivity contribution in [2.45, 2.75) is 31.6 Å². The van der Waals surface area contributed by atoms with Crippen molar-refractivity contribution >= 4 is 28.2 Å². The standard InChI is InChI=1S/C9H18N2O3S.ClH/c1-7(10)8(12)11-4-5-15(13,14)9(2,3)6-11;/h7H,4-6,10H2,1-3H3;1H/t7-;/m1./s1. The quantitative estimate of drug-likeness (QED) is 0.715. The highest BCUT2D eigenvalue weighted by Gasteiger charge is 2.41. The molecule has 0 aromatic carbocycles. The van der Waals surface area contributed by atoms with Crippen LogP contribution in [0.3, 0.4) is 0 Å². The normalized spacial score (nSPS) is 24.4. The van der Waals surface area contributed by atoms with E-state index < -0.39 is 20.6 Å². The minimum Gasteiger partial charge on any atom is -0.339 e. The molecule has 1 heterocycles. The Bertz CT molecular complexity index is 365. The van der Waals surface area contributed by atoms with Crippen LogP contribution in [0.4, 0.5) is 0 Å². The van der Waals surface area contributed by atoms with Gasteiger partial charge in [-0.25, -0.2) is 8.42 Å². The molecule has 96 valence electrons. The van der Waals surface area contributed by atoms with Gasteiger partial charge in [-0.05, 0) is 20.8 Å². The lowest BCUT2D eigenvalue weighted by molar-refractivity contribution is -0.132. The Morgan fingerprint density at radius 2 is 1.94 bits per heavy atom. The largest absolute Gasteiger partial charge is 0.339 e. The lowest BCUT2D eigenvalue weighted by Crippen LogP contribution is -2.57. The van der Waals surface area contributed by atoms with Crippen LogP contribution < -0.4 is 5.73 Å². The van der Waals surface area contributed by atoms with E-state index in [9.17, 15) is 13.2 Å². The Morgan fingerprint density at radius 3 is 2.31 bits per heavy atom. The zero-order valence-electron chi connectivity index (χ0n) is 9.76. The summed E-state index contributed by atoms with van der Waals surface area (Å²) in [4.78, 5) is 13.1. The molecule has 1 atom stereocenters. The number of halogens is 1. The van der Waals surface area contributed by atoms with Crippen molar-refractivity contribution in [1.82, 2.24) is 4.90 Å². The van der Waals surface area contributed by atoms with Gasteiger partial charge in [0.1, 0.15) is 0 Å². The molecular formula is C9H19ClN2O3S. The fourth-order valence-electron chi connectivity index (χ4n) is 1.62. The maximum absolute atomic E-state index is 11.7. The molecule has 0 aromatic rings. The van der Waals surface area contributed by atoms with Gasteiger partial charge in [0.2, 0.25) is 5.91 Å². The second kappa shape index (κ2) is 4.89. The summed E-state index contributed by atoms with van der Waals surface area (Å²) in [7, 11) is -3.09. The van der Waals surface area contributed by atoms with Crippen LogP contribution in [-0.2, 0) is 14.6 Å². The van der Waals surface area contributed by atoms with Crippen molar-refractivity contribution in [1.29, 1.82) is 0 Å². The average Bonchev–Trinajstić information content (AvgIpc) is 2.08. The Balaban J connectivity index is 0.00000225. The fraction of sp³-hybridized carbons (Fsp3) is 0.889. The number of amides is 1. The molecule has 1 amide bonds. The molecule has 0 aromatic heterocycles. The molecule has 0 aliphatic carbocycles. The summed E-state index contributed by atoms with van der Waals surface area (Å²) in [6, 6.07) is -0.568. The predicted molar refractivity (Wildman–Crippen MR) is 65.3 cm³/mol. The maximum Gasteiger partial charge on any atom is 0.239 e. The highest BCUT2D eigenvalue weighted by atomic mass is 35.5. The summed E-state index contributed by atoms with van der Waals surface area (Å²) in [5.41, 5.74) is 5.48. The van der Waals surface area contributed by atoms with Gasteiger partial charge in [-0.2, -0.15) is 0 Å².